The molecule has 23 heavy (non-hydrogen) atoms. The highest BCUT2D eigenvalue weighted by molar-refractivity contribution is 5.99. The molecule has 8 nitrogen and oxygen atoms in total. The standard InChI is InChI=1S/C15H17NO7/c1-21-12-5-4-9(7-13(17)18)6-10(12)16-11(15(20)23-3)8-14(19)22-2/h4-6,8,16H,7H2,1-3H3,(H,17,18)/b11-8+. The molecule has 1 aromatic carbocycles. The van der Waals surface area contributed by atoms with Crippen LogP contribution >= 0.6 is 0 Å². The van der Waals surface area contributed by atoms with Crippen LogP contribution in [0.15, 0.2) is 30.0 Å². The second-order valence-corrected chi connectivity index (χ2v) is 4.30. The van der Waals surface area contributed by atoms with Crippen molar-refractivity contribution in [1.29, 1.82) is 0 Å². The maximum atomic E-state index is 11.7. The zero-order valence-electron chi connectivity index (χ0n) is 12.9. The number of nitrogens with one attached hydrogen (secondary N) is 1. The average molecular weight is 323 g/mol. The topological polar surface area (TPSA) is 111 Å². The number of hydrogen-bond donors (Lipinski definition) is 2. The summed E-state index contributed by atoms with van der Waals surface area (Å²) in [6, 6.07) is 4.63. The summed E-state index contributed by atoms with van der Waals surface area (Å²) in [6.07, 6.45) is 0.724. The van der Waals surface area contributed by atoms with Gasteiger partial charge in [0.1, 0.15) is 11.4 Å². The summed E-state index contributed by atoms with van der Waals surface area (Å²) in [5, 5.41) is 11.5. The Bertz CT molecular complexity index is 637. The van der Waals surface area contributed by atoms with Gasteiger partial charge >= 0.3 is 17.9 Å². The molecule has 0 saturated heterocycles. The fourth-order valence-electron chi connectivity index (χ4n) is 1.72. The van der Waals surface area contributed by atoms with Gasteiger partial charge < -0.3 is 24.6 Å². The van der Waals surface area contributed by atoms with Gasteiger partial charge in [-0.1, -0.05) is 6.07 Å². The van der Waals surface area contributed by atoms with Crippen molar-refractivity contribution >= 4 is 23.6 Å². The van der Waals surface area contributed by atoms with Gasteiger partial charge in [0.15, 0.2) is 0 Å². The second-order valence-electron chi connectivity index (χ2n) is 4.30. The maximum absolute atomic E-state index is 11.7. The number of aliphatic carboxylic acids is 1. The summed E-state index contributed by atoms with van der Waals surface area (Å²) >= 11 is 0. The monoisotopic (exact) mass is 323 g/mol. The SMILES string of the molecule is COC(=O)/C=C(/Nc1cc(CC(=O)O)ccc1OC)C(=O)OC. The molecule has 0 saturated carbocycles. The first-order valence-corrected chi connectivity index (χ1v) is 6.45. The number of carboxylic acid groups (broad SMARTS) is 1. The molecule has 0 amide bonds. The van der Waals surface area contributed by atoms with Crippen molar-refractivity contribution in [2.24, 2.45) is 0 Å². The van der Waals surface area contributed by atoms with Crippen molar-refractivity contribution in [2.45, 2.75) is 6.42 Å². The van der Waals surface area contributed by atoms with E-state index in [0.29, 0.717) is 17.0 Å². The molecule has 0 bridgehead atoms. The van der Waals surface area contributed by atoms with E-state index in [1.807, 2.05) is 0 Å². The lowest BCUT2D eigenvalue weighted by Crippen LogP contribution is -2.16. The van der Waals surface area contributed by atoms with Gasteiger partial charge in [-0.25, -0.2) is 9.59 Å². The van der Waals surface area contributed by atoms with E-state index in [9.17, 15) is 14.4 Å². The summed E-state index contributed by atoms with van der Waals surface area (Å²) in [6.45, 7) is 0. The quantitative estimate of drug-likeness (QED) is 0.564. The lowest BCUT2D eigenvalue weighted by Gasteiger charge is -2.13. The molecule has 8 heteroatoms. The van der Waals surface area contributed by atoms with Gasteiger partial charge in [0, 0.05) is 0 Å². The van der Waals surface area contributed by atoms with E-state index in [-0.39, 0.29) is 12.1 Å². The molecule has 0 aromatic heterocycles. The van der Waals surface area contributed by atoms with Gasteiger partial charge in [-0.3, -0.25) is 4.79 Å². The number of anilines is 1. The van der Waals surface area contributed by atoms with Gasteiger partial charge in [0.2, 0.25) is 0 Å². The minimum absolute atomic E-state index is 0.176. The van der Waals surface area contributed by atoms with Gasteiger partial charge in [0.05, 0.1) is 39.5 Å². The highest BCUT2D eigenvalue weighted by atomic mass is 16.5. The Kier molecular flexibility index (Phi) is 6.60. The Morgan fingerprint density at radius 2 is 1.87 bits per heavy atom. The van der Waals surface area contributed by atoms with E-state index in [0.717, 1.165) is 13.2 Å². The zero-order valence-corrected chi connectivity index (χ0v) is 12.9. The number of methoxy groups -OCH3 is 3. The van der Waals surface area contributed by atoms with Gasteiger partial charge in [-0.15, -0.1) is 0 Å². The van der Waals surface area contributed by atoms with Crippen LogP contribution in [0.25, 0.3) is 0 Å². The number of hydrogen-bond acceptors (Lipinski definition) is 7. The van der Waals surface area contributed by atoms with Crippen molar-refractivity contribution in [3.63, 3.8) is 0 Å². The molecule has 0 heterocycles. The van der Waals surface area contributed by atoms with Crippen LogP contribution in [0.4, 0.5) is 5.69 Å². The summed E-state index contributed by atoms with van der Waals surface area (Å²) in [5.74, 6) is -2.18. The molecule has 0 radical (unpaired) electrons. The molecular weight excluding hydrogens is 306 g/mol. The predicted molar refractivity (Wildman–Crippen MR) is 80.1 cm³/mol. The fourth-order valence-corrected chi connectivity index (χ4v) is 1.72. The first-order chi connectivity index (χ1) is 10.9. The van der Waals surface area contributed by atoms with Crippen LogP contribution in [0.5, 0.6) is 5.75 Å². The third-order valence-corrected chi connectivity index (χ3v) is 2.76. The lowest BCUT2D eigenvalue weighted by atomic mass is 10.1. The molecule has 0 fully saturated rings. The van der Waals surface area contributed by atoms with Gasteiger partial charge in [-0.2, -0.15) is 0 Å². The molecule has 124 valence electrons. The van der Waals surface area contributed by atoms with Crippen molar-refractivity contribution in [1.82, 2.24) is 0 Å². The minimum atomic E-state index is -1.00. The summed E-state index contributed by atoms with van der Waals surface area (Å²) in [5.41, 5.74) is 0.625. The highest BCUT2D eigenvalue weighted by Gasteiger charge is 2.16. The summed E-state index contributed by atoms with van der Waals surface area (Å²) in [7, 11) is 3.74. The summed E-state index contributed by atoms with van der Waals surface area (Å²) in [4.78, 5) is 33.9. The van der Waals surface area contributed by atoms with Crippen LogP contribution in [0, 0.1) is 0 Å². The van der Waals surface area contributed by atoms with Crippen LogP contribution in [0.1, 0.15) is 5.56 Å². The number of carbonyl (C=O) groups excluding carboxylic acids is 2. The van der Waals surface area contributed by atoms with E-state index in [2.05, 4.69) is 14.8 Å². The van der Waals surface area contributed by atoms with Crippen molar-refractivity contribution in [3.05, 3.63) is 35.5 Å². The van der Waals surface area contributed by atoms with E-state index < -0.39 is 17.9 Å². The zero-order chi connectivity index (χ0) is 17.4. The van der Waals surface area contributed by atoms with Crippen LogP contribution in [0.3, 0.4) is 0 Å². The Labute approximate surface area is 132 Å². The van der Waals surface area contributed by atoms with E-state index in [1.165, 1.54) is 20.3 Å². The normalized spacial score (nSPS) is 10.7. The first-order valence-electron chi connectivity index (χ1n) is 6.45. The van der Waals surface area contributed by atoms with Crippen molar-refractivity contribution in [2.75, 3.05) is 26.6 Å². The molecule has 0 aliphatic rings. The fraction of sp³-hybridized carbons (Fsp3) is 0.267. The number of carboxylic acids is 1. The molecule has 0 aliphatic heterocycles. The molecule has 2 N–H and O–H groups in total. The molecule has 0 aliphatic carbocycles. The summed E-state index contributed by atoms with van der Waals surface area (Å²) < 4.78 is 14.2. The minimum Gasteiger partial charge on any atom is -0.495 e. The van der Waals surface area contributed by atoms with Crippen molar-refractivity contribution in [3.8, 4) is 5.75 Å². The second kappa shape index (κ2) is 8.42. The van der Waals surface area contributed by atoms with Gasteiger partial charge in [-0.05, 0) is 17.7 Å². The molecule has 0 unspecified atom stereocenters. The number of esters is 2. The van der Waals surface area contributed by atoms with Crippen LogP contribution in [-0.2, 0) is 30.3 Å². The van der Waals surface area contributed by atoms with E-state index >= 15 is 0 Å². The Balaban J connectivity index is 3.19. The number of rotatable bonds is 7. The highest BCUT2D eigenvalue weighted by Crippen LogP contribution is 2.27. The predicted octanol–water partition coefficient (Wildman–Crippen LogP) is 0.964. The van der Waals surface area contributed by atoms with E-state index in [1.54, 1.807) is 12.1 Å². The third-order valence-electron chi connectivity index (χ3n) is 2.76. The number of carbonyl (C=O) groups is 3. The Morgan fingerprint density at radius 3 is 2.39 bits per heavy atom. The third kappa shape index (κ3) is 5.34. The van der Waals surface area contributed by atoms with Crippen LogP contribution in [0.2, 0.25) is 0 Å². The Morgan fingerprint density at radius 1 is 1.17 bits per heavy atom. The smallest absolute Gasteiger partial charge is 0.354 e. The largest absolute Gasteiger partial charge is 0.495 e. The lowest BCUT2D eigenvalue weighted by molar-refractivity contribution is -0.138. The number of benzene rings is 1. The molecule has 0 atom stereocenters. The molecule has 1 aromatic rings. The van der Waals surface area contributed by atoms with Crippen molar-refractivity contribution < 1.29 is 33.7 Å². The maximum Gasteiger partial charge on any atom is 0.354 e. The first kappa shape index (κ1) is 18.0. The average Bonchev–Trinajstić information content (AvgIpc) is 2.53. The molecule has 1 rings (SSSR count). The van der Waals surface area contributed by atoms with Crippen LogP contribution < -0.4 is 10.1 Å². The number of ether oxygens (including phenoxy) is 3. The molecular formula is C15H17NO7. The molecule has 0 spiro atoms. The van der Waals surface area contributed by atoms with Crippen LogP contribution in [-0.4, -0.2) is 44.3 Å². The Hall–Kier alpha value is -3.03. The van der Waals surface area contributed by atoms with Gasteiger partial charge in [0.25, 0.3) is 0 Å². The van der Waals surface area contributed by atoms with E-state index in [4.69, 9.17) is 9.84 Å².